The van der Waals surface area contributed by atoms with Crippen LogP contribution in [0.2, 0.25) is 0 Å². The van der Waals surface area contributed by atoms with Gasteiger partial charge in [0, 0.05) is 38.4 Å². The molecule has 2 aromatic rings. The van der Waals surface area contributed by atoms with Gasteiger partial charge in [0.05, 0.1) is 11.4 Å². The molecule has 4 heteroatoms. The zero-order valence-electron chi connectivity index (χ0n) is 10.4. The minimum atomic E-state index is 0.717. The van der Waals surface area contributed by atoms with E-state index in [4.69, 9.17) is 0 Å². The first-order valence-electron chi connectivity index (χ1n) is 6.27. The number of aromatic nitrogens is 3. The third-order valence-electron chi connectivity index (χ3n) is 3.25. The van der Waals surface area contributed by atoms with Gasteiger partial charge in [-0.1, -0.05) is 13.8 Å². The van der Waals surface area contributed by atoms with Crippen molar-refractivity contribution in [3.63, 3.8) is 0 Å². The van der Waals surface area contributed by atoms with Crippen LogP contribution in [0.5, 0.6) is 0 Å². The molecular formula is C13H18N4. The summed E-state index contributed by atoms with van der Waals surface area (Å²) in [5.41, 5.74) is 2.55. The first-order valence-corrected chi connectivity index (χ1v) is 6.27. The quantitative estimate of drug-likeness (QED) is 0.788. The van der Waals surface area contributed by atoms with Crippen molar-refractivity contribution in [2.75, 3.05) is 13.1 Å². The van der Waals surface area contributed by atoms with Gasteiger partial charge in [-0.3, -0.25) is 9.30 Å². The highest BCUT2D eigenvalue weighted by Gasteiger charge is 2.21. The first-order chi connectivity index (χ1) is 8.24. The van der Waals surface area contributed by atoms with Crippen molar-refractivity contribution in [2.45, 2.75) is 26.8 Å². The molecule has 3 heterocycles. The van der Waals surface area contributed by atoms with E-state index in [1.807, 2.05) is 6.07 Å². The van der Waals surface area contributed by atoms with E-state index < -0.39 is 0 Å². The van der Waals surface area contributed by atoms with Crippen LogP contribution in [0.15, 0.2) is 18.5 Å². The van der Waals surface area contributed by atoms with Gasteiger partial charge in [-0.05, 0) is 12.0 Å². The maximum absolute atomic E-state index is 4.59. The van der Waals surface area contributed by atoms with Gasteiger partial charge in [-0.25, -0.2) is 9.97 Å². The molecule has 3 rings (SSSR count). The lowest BCUT2D eigenvalue weighted by molar-refractivity contribution is 0.222. The van der Waals surface area contributed by atoms with E-state index in [2.05, 4.69) is 39.3 Å². The fourth-order valence-corrected chi connectivity index (χ4v) is 2.58. The van der Waals surface area contributed by atoms with Gasteiger partial charge in [-0.15, -0.1) is 0 Å². The highest BCUT2D eigenvalue weighted by Crippen LogP contribution is 2.20. The number of imidazole rings is 1. The molecule has 0 unspecified atom stereocenters. The summed E-state index contributed by atoms with van der Waals surface area (Å²) in [6, 6.07) is 1.97. The highest BCUT2D eigenvalue weighted by molar-refractivity contribution is 5.36. The Morgan fingerprint density at radius 1 is 1.41 bits per heavy atom. The molecule has 0 N–H and O–H groups in total. The summed E-state index contributed by atoms with van der Waals surface area (Å²) >= 11 is 0. The standard InChI is InChI=1S/C13H18N4/c1-10(2)8-16-7-4-11-12(9-16)17-6-3-5-14-13(17)15-11/h3,5-6,10H,4,7-9H2,1-2H3. The third-order valence-corrected chi connectivity index (χ3v) is 3.25. The summed E-state index contributed by atoms with van der Waals surface area (Å²) in [4.78, 5) is 11.4. The van der Waals surface area contributed by atoms with E-state index >= 15 is 0 Å². The summed E-state index contributed by atoms with van der Waals surface area (Å²) in [5.74, 6) is 1.55. The minimum absolute atomic E-state index is 0.717. The van der Waals surface area contributed by atoms with Crippen LogP contribution in [-0.2, 0) is 13.0 Å². The molecule has 0 spiro atoms. The monoisotopic (exact) mass is 230 g/mol. The van der Waals surface area contributed by atoms with E-state index in [9.17, 15) is 0 Å². The Morgan fingerprint density at radius 3 is 3.12 bits per heavy atom. The number of nitrogens with zero attached hydrogens (tertiary/aromatic N) is 4. The molecule has 1 aliphatic heterocycles. The third kappa shape index (κ3) is 1.93. The van der Waals surface area contributed by atoms with Gasteiger partial charge < -0.3 is 0 Å². The van der Waals surface area contributed by atoms with Crippen LogP contribution < -0.4 is 0 Å². The predicted molar refractivity (Wildman–Crippen MR) is 66.8 cm³/mol. The van der Waals surface area contributed by atoms with Crippen molar-refractivity contribution >= 4 is 5.78 Å². The SMILES string of the molecule is CC(C)CN1CCc2nc3ncccn3c2C1. The average Bonchev–Trinajstić information content (AvgIpc) is 2.66. The molecule has 0 atom stereocenters. The smallest absolute Gasteiger partial charge is 0.234 e. The molecule has 4 nitrogen and oxygen atoms in total. The van der Waals surface area contributed by atoms with Gasteiger partial charge >= 0.3 is 0 Å². The van der Waals surface area contributed by atoms with Crippen LogP contribution in [0.25, 0.3) is 5.78 Å². The molecule has 0 saturated carbocycles. The molecule has 0 saturated heterocycles. The van der Waals surface area contributed by atoms with Crippen molar-refractivity contribution in [3.05, 3.63) is 29.8 Å². The fourth-order valence-electron chi connectivity index (χ4n) is 2.58. The minimum Gasteiger partial charge on any atom is -0.297 e. The molecule has 0 aromatic carbocycles. The van der Waals surface area contributed by atoms with Crippen molar-refractivity contribution < 1.29 is 0 Å². The van der Waals surface area contributed by atoms with Crippen molar-refractivity contribution in [3.8, 4) is 0 Å². The Kier molecular flexibility index (Phi) is 2.59. The molecule has 17 heavy (non-hydrogen) atoms. The predicted octanol–water partition coefficient (Wildman–Crippen LogP) is 1.74. The second-order valence-corrected chi connectivity index (χ2v) is 5.17. The number of rotatable bonds is 2. The van der Waals surface area contributed by atoms with Gasteiger partial charge in [0.15, 0.2) is 0 Å². The average molecular weight is 230 g/mol. The highest BCUT2D eigenvalue weighted by atomic mass is 15.2. The van der Waals surface area contributed by atoms with Crippen LogP contribution in [0.4, 0.5) is 0 Å². The summed E-state index contributed by atoms with van der Waals surface area (Å²) in [6.07, 6.45) is 4.91. The molecule has 2 aromatic heterocycles. The van der Waals surface area contributed by atoms with E-state index in [1.54, 1.807) is 6.20 Å². The van der Waals surface area contributed by atoms with E-state index in [1.165, 1.54) is 11.4 Å². The van der Waals surface area contributed by atoms with Gasteiger partial charge in [0.1, 0.15) is 0 Å². The second-order valence-electron chi connectivity index (χ2n) is 5.17. The van der Waals surface area contributed by atoms with Crippen molar-refractivity contribution in [1.29, 1.82) is 0 Å². The molecule has 0 amide bonds. The van der Waals surface area contributed by atoms with Crippen LogP contribution >= 0.6 is 0 Å². The van der Waals surface area contributed by atoms with Crippen LogP contribution in [0.3, 0.4) is 0 Å². The zero-order chi connectivity index (χ0) is 11.8. The second kappa shape index (κ2) is 4.11. The largest absolute Gasteiger partial charge is 0.297 e. The zero-order valence-corrected chi connectivity index (χ0v) is 10.4. The van der Waals surface area contributed by atoms with Crippen molar-refractivity contribution in [2.24, 2.45) is 5.92 Å². The molecule has 1 aliphatic rings. The number of hydrogen-bond donors (Lipinski definition) is 0. The van der Waals surface area contributed by atoms with Crippen LogP contribution in [0, 0.1) is 5.92 Å². The lowest BCUT2D eigenvalue weighted by atomic mass is 10.1. The summed E-state index contributed by atoms with van der Waals surface area (Å²) in [5, 5.41) is 0. The number of fused-ring (bicyclic) bond motifs is 3. The van der Waals surface area contributed by atoms with Gasteiger partial charge in [0.25, 0.3) is 0 Å². The van der Waals surface area contributed by atoms with Crippen molar-refractivity contribution in [1.82, 2.24) is 19.3 Å². The normalized spacial score (nSPS) is 16.6. The summed E-state index contributed by atoms with van der Waals surface area (Å²) in [7, 11) is 0. The Morgan fingerprint density at radius 2 is 2.29 bits per heavy atom. The lowest BCUT2D eigenvalue weighted by Gasteiger charge is -2.27. The maximum atomic E-state index is 4.59. The topological polar surface area (TPSA) is 33.4 Å². The summed E-state index contributed by atoms with van der Waals surface area (Å²) in [6.45, 7) is 7.82. The Bertz CT molecular complexity index is 529. The lowest BCUT2D eigenvalue weighted by Crippen LogP contribution is -2.33. The molecule has 0 fully saturated rings. The Balaban J connectivity index is 1.95. The number of hydrogen-bond acceptors (Lipinski definition) is 3. The maximum Gasteiger partial charge on any atom is 0.234 e. The summed E-state index contributed by atoms with van der Waals surface area (Å²) < 4.78 is 2.13. The molecule has 90 valence electrons. The molecule has 0 bridgehead atoms. The Hall–Kier alpha value is -1.42. The van der Waals surface area contributed by atoms with E-state index in [0.29, 0.717) is 5.92 Å². The van der Waals surface area contributed by atoms with E-state index in [-0.39, 0.29) is 0 Å². The van der Waals surface area contributed by atoms with E-state index in [0.717, 1.165) is 31.8 Å². The molecular weight excluding hydrogens is 212 g/mol. The molecule has 0 aliphatic carbocycles. The fraction of sp³-hybridized carbons (Fsp3) is 0.538. The molecule has 0 radical (unpaired) electrons. The van der Waals surface area contributed by atoms with Crippen LogP contribution in [0.1, 0.15) is 25.2 Å². The van der Waals surface area contributed by atoms with Crippen LogP contribution in [-0.4, -0.2) is 32.4 Å². The first kappa shape index (κ1) is 10.7. The van der Waals surface area contributed by atoms with Gasteiger partial charge in [-0.2, -0.15) is 0 Å². The Labute approximate surface area is 101 Å². The van der Waals surface area contributed by atoms with Gasteiger partial charge in [0.2, 0.25) is 5.78 Å².